The van der Waals surface area contributed by atoms with E-state index in [1.165, 1.54) is 0 Å². The molecule has 11 heteroatoms. The highest BCUT2D eigenvalue weighted by Crippen LogP contribution is 2.42. The fraction of sp³-hybridized carbons (Fsp3) is 0.533. The van der Waals surface area contributed by atoms with Gasteiger partial charge in [-0.15, -0.1) is 0 Å². The number of aryl methyl sites for hydroxylation is 1. The molecule has 2 aromatic rings. The van der Waals surface area contributed by atoms with Crippen molar-refractivity contribution in [2.75, 3.05) is 42.0 Å². The van der Waals surface area contributed by atoms with Crippen molar-refractivity contribution in [3.8, 4) is 0 Å². The van der Waals surface area contributed by atoms with Gasteiger partial charge in [0.15, 0.2) is 0 Å². The summed E-state index contributed by atoms with van der Waals surface area (Å²) < 4.78 is 26.0. The van der Waals surface area contributed by atoms with Gasteiger partial charge in [0.25, 0.3) is 0 Å². The molecule has 41 heavy (non-hydrogen) atoms. The number of hydrogen-bond acceptors (Lipinski definition) is 7. The molecule has 0 radical (unpaired) electrons. The minimum Gasteiger partial charge on any atom is -0.438 e. The van der Waals surface area contributed by atoms with E-state index in [1.54, 1.807) is 6.92 Å². The second-order valence-electron chi connectivity index (χ2n) is 10.9. The Morgan fingerprint density at radius 1 is 0.951 bits per heavy atom. The van der Waals surface area contributed by atoms with Crippen molar-refractivity contribution in [1.29, 1.82) is 0 Å². The van der Waals surface area contributed by atoms with Crippen molar-refractivity contribution in [2.24, 2.45) is 11.8 Å². The van der Waals surface area contributed by atoms with Crippen LogP contribution in [0.4, 0.5) is 21.9 Å². The largest absolute Gasteiger partial charge is 0.475 e. The van der Waals surface area contributed by atoms with E-state index in [1.807, 2.05) is 56.3 Å². The molecule has 2 unspecified atom stereocenters. The van der Waals surface area contributed by atoms with Crippen LogP contribution in [-0.2, 0) is 23.1 Å². The molecule has 2 atom stereocenters. The van der Waals surface area contributed by atoms with Crippen LogP contribution < -0.4 is 15.5 Å². The third kappa shape index (κ3) is 12.2. The number of urea groups is 1. The SMILES string of the molecule is CCOP(=O)(O)OCOC(=O)CC(CC)c1ccc(N(CC(C)C)CC(C)C)c(NC(=O)Nc2ccc(C)cc2)c1. The van der Waals surface area contributed by atoms with E-state index in [9.17, 15) is 19.0 Å². The van der Waals surface area contributed by atoms with Crippen LogP contribution in [0.1, 0.15) is 71.4 Å². The van der Waals surface area contributed by atoms with Crippen LogP contribution in [0.5, 0.6) is 0 Å². The van der Waals surface area contributed by atoms with Gasteiger partial charge >= 0.3 is 19.8 Å². The van der Waals surface area contributed by atoms with Gasteiger partial charge in [-0.05, 0) is 67.9 Å². The normalized spacial score (nSPS) is 13.5. The van der Waals surface area contributed by atoms with Crippen LogP contribution in [0, 0.1) is 18.8 Å². The van der Waals surface area contributed by atoms with Crippen LogP contribution in [0.3, 0.4) is 0 Å². The first-order valence-corrected chi connectivity index (χ1v) is 15.6. The molecule has 3 N–H and O–H groups in total. The standard InChI is InChI=1S/C30H46N3O7P/c1-8-24(17-29(34)38-20-40-41(36,37)39-9-2)25-12-15-28(33(18-21(3)4)19-22(5)6)27(16-25)32-30(35)31-26-13-10-23(7)11-14-26/h10-16,21-22,24H,8-9,17-20H2,1-7H3,(H,36,37)(H2,31,32,35). The van der Waals surface area contributed by atoms with E-state index in [2.05, 4.69) is 52.3 Å². The van der Waals surface area contributed by atoms with Crippen molar-refractivity contribution in [1.82, 2.24) is 0 Å². The monoisotopic (exact) mass is 591 g/mol. The highest BCUT2D eigenvalue weighted by molar-refractivity contribution is 7.47. The summed E-state index contributed by atoms with van der Waals surface area (Å²) in [5.41, 5.74) is 4.17. The Bertz CT molecular complexity index is 1160. The van der Waals surface area contributed by atoms with Gasteiger partial charge < -0.3 is 25.2 Å². The minimum absolute atomic E-state index is 0.0131. The molecule has 0 spiro atoms. The van der Waals surface area contributed by atoms with Gasteiger partial charge in [-0.3, -0.25) is 9.32 Å². The topological polar surface area (TPSA) is 126 Å². The Morgan fingerprint density at radius 3 is 2.15 bits per heavy atom. The number of ether oxygens (including phenoxy) is 1. The van der Waals surface area contributed by atoms with Gasteiger partial charge in [0, 0.05) is 18.8 Å². The van der Waals surface area contributed by atoms with Crippen LogP contribution in [0.15, 0.2) is 42.5 Å². The maximum atomic E-state index is 13.1. The molecule has 0 aliphatic carbocycles. The second-order valence-corrected chi connectivity index (χ2v) is 12.3. The van der Waals surface area contributed by atoms with Crippen molar-refractivity contribution in [3.63, 3.8) is 0 Å². The molecule has 0 aliphatic rings. The van der Waals surface area contributed by atoms with Gasteiger partial charge in [0.1, 0.15) is 0 Å². The number of esters is 1. The summed E-state index contributed by atoms with van der Waals surface area (Å²) in [6, 6.07) is 13.1. The lowest BCUT2D eigenvalue weighted by molar-refractivity contribution is -0.151. The van der Waals surface area contributed by atoms with Crippen molar-refractivity contribution >= 4 is 36.9 Å². The van der Waals surface area contributed by atoms with E-state index < -0.39 is 20.6 Å². The number of anilines is 3. The molecule has 10 nitrogen and oxygen atoms in total. The van der Waals surface area contributed by atoms with Gasteiger partial charge in [-0.2, -0.15) is 0 Å². The zero-order valence-electron chi connectivity index (χ0n) is 25.3. The highest BCUT2D eigenvalue weighted by Gasteiger charge is 2.23. The molecule has 228 valence electrons. The zero-order chi connectivity index (χ0) is 30.6. The molecule has 0 saturated carbocycles. The Kier molecular flexibility index (Phi) is 13.8. The zero-order valence-corrected chi connectivity index (χ0v) is 26.2. The van der Waals surface area contributed by atoms with Crippen LogP contribution >= 0.6 is 7.82 Å². The predicted molar refractivity (Wildman–Crippen MR) is 163 cm³/mol. The number of carbonyl (C=O) groups excluding carboxylic acids is 2. The number of rotatable bonds is 16. The van der Waals surface area contributed by atoms with Crippen LogP contribution in [0.25, 0.3) is 0 Å². The molecule has 0 aliphatic heterocycles. The summed E-state index contributed by atoms with van der Waals surface area (Å²) in [5, 5.41) is 5.93. The number of phosphoric ester groups is 1. The second kappa shape index (κ2) is 16.5. The number of benzene rings is 2. The van der Waals surface area contributed by atoms with Gasteiger partial charge in [0.2, 0.25) is 6.79 Å². The predicted octanol–water partition coefficient (Wildman–Crippen LogP) is 7.30. The molecule has 2 aromatic carbocycles. The lowest BCUT2D eigenvalue weighted by Crippen LogP contribution is -2.32. The summed E-state index contributed by atoms with van der Waals surface area (Å²) in [6.07, 6.45) is 0.656. The van der Waals surface area contributed by atoms with E-state index in [0.717, 1.165) is 29.9 Å². The highest BCUT2D eigenvalue weighted by atomic mass is 31.2. The lowest BCUT2D eigenvalue weighted by atomic mass is 9.92. The number of carbonyl (C=O) groups is 2. The quantitative estimate of drug-likeness (QED) is 0.105. The van der Waals surface area contributed by atoms with Crippen LogP contribution in [0.2, 0.25) is 0 Å². The summed E-state index contributed by atoms with van der Waals surface area (Å²) in [5.74, 6) is 0.0130. The van der Waals surface area contributed by atoms with Gasteiger partial charge in [-0.25, -0.2) is 13.9 Å². The number of hydrogen-bond donors (Lipinski definition) is 3. The van der Waals surface area contributed by atoms with E-state index in [4.69, 9.17) is 4.74 Å². The molecule has 0 bridgehead atoms. The summed E-state index contributed by atoms with van der Waals surface area (Å²) in [6.45, 7) is 15.0. The number of nitrogens with zero attached hydrogens (tertiary/aromatic N) is 1. The third-order valence-corrected chi connectivity index (χ3v) is 7.21. The maximum Gasteiger partial charge on any atom is 0.475 e. The molecular formula is C30H46N3O7P. The maximum absolute atomic E-state index is 13.1. The van der Waals surface area contributed by atoms with E-state index in [0.29, 0.717) is 29.6 Å². The Morgan fingerprint density at radius 2 is 1.59 bits per heavy atom. The number of nitrogens with one attached hydrogen (secondary N) is 2. The fourth-order valence-electron chi connectivity index (χ4n) is 4.37. The number of amides is 2. The first kappa shape index (κ1) is 34.3. The first-order chi connectivity index (χ1) is 19.3. The average molecular weight is 592 g/mol. The average Bonchev–Trinajstić information content (AvgIpc) is 2.87. The van der Waals surface area contributed by atoms with Gasteiger partial charge in [0.05, 0.1) is 24.4 Å². The van der Waals surface area contributed by atoms with E-state index in [-0.39, 0.29) is 25.0 Å². The fourth-order valence-corrected chi connectivity index (χ4v) is 4.96. The third-order valence-electron chi connectivity index (χ3n) is 6.20. The summed E-state index contributed by atoms with van der Waals surface area (Å²) in [7, 11) is -4.26. The van der Waals surface area contributed by atoms with Crippen molar-refractivity contribution < 1.29 is 32.8 Å². The Labute approximate surface area is 244 Å². The van der Waals surface area contributed by atoms with Crippen molar-refractivity contribution in [2.45, 2.75) is 67.2 Å². The first-order valence-electron chi connectivity index (χ1n) is 14.1. The molecule has 2 amide bonds. The molecule has 0 heterocycles. The molecule has 0 aromatic heterocycles. The number of phosphoric acid groups is 1. The Balaban J connectivity index is 2.29. The summed E-state index contributed by atoms with van der Waals surface area (Å²) in [4.78, 5) is 37.4. The Hall–Kier alpha value is -2.91. The van der Waals surface area contributed by atoms with Crippen LogP contribution in [-0.4, -0.2) is 43.4 Å². The molecular weight excluding hydrogens is 545 g/mol. The van der Waals surface area contributed by atoms with Crippen molar-refractivity contribution in [3.05, 3.63) is 53.6 Å². The lowest BCUT2D eigenvalue weighted by Gasteiger charge is -2.31. The smallest absolute Gasteiger partial charge is 0.438 e. The molecule has 2 rings (SSSR count). The van der Waals surface area contributed by atoms with Gasteiger partial charge in [-0.1, -0.05) is 58.4 Å². The van der Waals surface area contributed by atoms with E-state index >= 15 is 0 Å². The molecule has 0 fully saturated rings. The minimum atomic E-state index is -4.26. The summed E-state index contributed by atoms with van der Waals surface area (Å²) >= 11 is 0. The molecule has 0 saturated heterocycles.